The van der Waals surface area contributed by atoms with Crippen molar-refractivity contribution >= 4 is 31.9 Å². The molecular formula is C15H13Br2NO. The molecule has 2 atom stereocenters. The summed E-state index contributed by atoms with van der Waals surface area (Å²) in [6.07, 6.45) is -0.548. The number of rotatable bonds is 2. The molecule has 2 N–H and O–H groups in total. The Morgan fingerprint density at radius 2 is 1.89 bits per heavy atom. The molecular weight excluding hydrogens is 370 g/mol. The average molecular weight is 383 g/mol. The lowest BCUT2D eigenvalue weighted by Crippen LogP contribution is -2.20. The summed E-state index contributed by atoms with van der Waals surface area (Å²) in [6.45, 7) is 0.815. The third-order valence-electron chi connectivity index (χ3n) is 3.50. The molecule has 1 heterocycles. The standard InChI is InChI=1S/C15H13Br2NO/c16-12-6-5-9(7-13(12)17)15(19)14-11-4-2-1-3-10(11)8-18-14/h1-7,14-15,18-19H,8H2. The number of aliphatic hydroxyl groups excluding tert-OH is 1. The quantitative estimate of drug-likeness (QED) is 0.819. The van der Waals surface area contributed by atoms with Gasteiger partial charge < -0.3 is 10.4 Å². The highest BCUT2D eigenvalue weighted by molar-refractivity contribution is 9.13. The minimum Gasteiger partial charge on any atom is -0.386 e. The van der Waals surface area contributed by atoms with Crippen molar-refractivity contribution in [2.45, 2.75) is 18.7 Å². The van der Waals surface area contributed by atoms with Crippen molar-refractivity contribution in [3.05, 3.63) is 68.1 Å². The zero-order chi connectivity index (χ0) is 13.4. The van der Waals surface area contributed by atoms with Crippen LogP contribution < -0.4 is 5.32 Å². The number of hydrogen-bond acceptors (Lipinski definition) is 2. The molecule has 19 heavy (non-hydrogen) atoms. The van der Waals surface area contributed by atoms with E-state index in [1.165, 1.54) is 11.1 Å². The molecule has 0 bridgehead atoms. The predicted molar refractivity (Wildman–Crippen MR) is 82.8 cm³/mol. The topological polar surface area (TPSA) is 32.3 Å². The SMILES string of the molecule is OC(c1ccc(Br)c(Br)c1)C1NCc2ccccc21. The molecule has 2 aromatic carbocycles. The van der Waals surface area contributed by atoms with Gasteiger partial charge >= 0.3 is 0 Å². The first-order valence-electron chi connectivity index (χ1n) is 6.11. The lowest BCUT2D eigenvalue weighted by molar-refractivity contribution is 0.133. The molecule has 2 aromatic rings. The smallest absolute Gasteiger partial charge is 0.0985 e. The van der Waals surface area contributed by atoms with Crippen LogP contribution in [0.1, 0.15) is 28.8 Å². The van der Waals surface area contributed by atoms with E-state index in [0.717, 1.165) is 21.1 Å². The van der Waals surface area contributed by atoms with E-state index in [-0.39, 0.29) is 6.04 Å². The molecule has 3 rings (SSSR count). The normalized spacial score (nSPS) is 19.2. The van der Waals surface area contributed by atoms with Gasteiger partial charge in [-0.05, 0) is 60.7 Å². The summed E-state index contributed by atoms with van der Waals surface area (Å²) in [4.78, 5) is 0. The average Bonchev–Trinajstić information content (AvgIpc) is 2.85. The monoisotopic (exact) mass is 381 g/mol. The fourth-order valence-corrected chi connectivity index (χ4v) is 3.14. The van der Waals surface area contributed by atoms with E-state index in [9.17, 15) is 5.11 Å². The van der Waals surface area contributed by atoms with E-state index in [4.69, 9.17) is 0 Å². The fraction of sp³-hybridized carbons (Fsp3) is 0.200. The van der Waals surface area contributed by atoms with Gasteiger partial charge in [0, 0.05) is 15.5 Å². The summed E-state index contributed by atoms with van der Waals surface area (Å²) in [5, 5.41) is 14.0. The Morgan fingerprint density at radius 1 is 1.11 bits per heavy atom. The van der Waals surface area contributed by atoms with Crippen LogP contribution >= 0.6 is 31.9 Å². The molecule has 4 heteroatoms. The second kappa shape index (κ2) is 5.37. The maximum atomic E-state index is 10.6. The van der Waals surface area contributed by atoms with Gasteiger partial charge in [-0.3, -0.25) is 0 Å². The van der Waals surface area contributed by atoms with E-state index in [2.05, 4.69) is 49.3 Å². The first-order chi connectivity index (χ1) is 9.16. The minimum atomic E-state index is -0.548. The molecule has 0 radical (unpaired) electrons. The molecule has 0 spiro atoms. The fourth-order valence-electron chi connectivity index (χ4n) is 2.50. The molecule has 0 saturated heterocycles. The Labute approximate surface area is 129 Å². The lowest BCUT2D eigenvalue weighted by Gasteiger charge is -2.20. The van der Waals surface area contributed by atoms with Crippen LogP contribution in [-0.2, 0) is 6.54 Å². The Morgan fingerprint density at radius 3 is 2.68 bits per heavy atom. The van der Waals surface area contributed by atoms with Crippen LogP contribution in [0, 0.1) is 0 Å². The maximum Gasteiger partial charge on any atom is 0.0985 e. The second-order valence-corrected chi connectivity index (χ2v) is 6.38. The molecule has 0 saturated carbocycles. The van der Waals surface area contributed by atoms with Gasteiger partial charge in [-0.15, -0.1) is 0 Å². The molecule has 0 aromatic heterocycles. The minimum absolute atomic E-state index is 0.0377. The highest BCUT2D eigenvalue weighted by Gasteiger charge is 2.28. The highest BCUT2D eigenvalue weighted by Crippen LogP contribution is 2.36. The van der Waals surface area contributed by atoms with Crippen molar-refractivity contribution in [2.75, 3.05) is 0 Å². The third-order valence-corrected chi connectivity index (χ3v) is 5.38. The third kappa shape index (κ3) is 2.50. The molecule has 0 amide bonds. The molecule has 2 nitrogen and oxygen atoms in total. The Bertz CT molecular complexity index is 615. The summed E-state index contributed by atoms with van der Waals surface area (Å²) in [7, 11) is 0. The van der Waals surface area contributed by atoms with Crippen molar-refractivity contribution in [1.82, 2.24) is 5.32 Å². The van der Waals surface area contributed by atoms with E-state index < -0.39 is 6.10 Å². The highest BCUT2D eigenvalue weighted by atomic mass is 79.9. The van der Waals surface area contributed by atoms with Crippen LogP contribution in [0.2, 0.25) is 0 Å². The number of aliphatic hydroxyl groups is 1. The largest absolute Gasteiger partial charge is 0.386 e. The van der Waals surface area contributed by atoms with Crippen LogP contribution in [0.4, 0.5) is 0 Å². The van der Waals surface area contributed by atoms with Gasteiger partial charge in [0.05, 0.1) is 12.1 Å². The number of nitrogens with one attached hydrogen (secondary N) is 1. The summed E-state index contributed by atoms with van der Waals surface area (Å²) in [5.41, 5.74) is 3.36. The van der Waals surface area contributed by atoms with E-state index in [1.807, 2.05) is 30.3 Å². The van der Waals surface area contributed by atoms with Gasteiger partial charge in [-0.2, -0.15) is 0 Å². The predicted octanol–water partition coefficient (Wildman–Crippen LogP) is 4.09. The van der Waals surface area contributed by atoms with Gasteiger partial charge in [0.1, 0.15) is 0 Å². The molecule has 1 aliphatic rings. The van der Waals surface area contributed by atoms with E-state index in [0.29, 0.717) is 0 Å². The van der Waals surface area contributed by atoms with E-state index in [1.54, 1.807) is 0 Å². The zero-order valence-electron chi connectivity index (χ0n) is 10.1. The van der Waals surface area contributed by atoms with Gasteiger partial charge in [-0.1, -0.05) is 30.3 Å². The maximum absolute atomic E-state index is 10.6. The summed E-state index contributed by atoms with van der Waals surface area (Å²) < 4.78 is 1.94. The first-order valence-corrected chi connectivity index (χ1v) is 7.69. The number of fused-ring (bicyclic) bond motifs is 1. The van der Waals surface area contributed by atoms with Crippen LogP contribution in [0.5, 0.6) is 0 Å². The van der Waals surface area contributed by atoms with Crippen LogP contribution in [0.3, 0.4) is 0 Å². The van der Waals surface area contributed by atoms with Gasteiger partial charge in [0.15, 0.2) is 0 Å². The summed E-state index contributed by atoms with van der Waals surface area (Å²) >= 11 is 6.92. The van der Waals surface area contributed by atoms with Crippen molar-refractivity contribution in [2.24, 2.45) is 0 Å². The summed E-state index contributed by atoms with van der Waals surface area (Å²) in [6, 6.07) is 14.0. The Balaban J connectivity index is 1.93. The Kier molecular flexibility index (Phi) is 3.76. The van der Waals surface area contributed by atoms with Crippen molar-refractivity contribution in [1.29, 1.82) is 0 Å². The second-order valence-electron chi connectivity index (χ2n) is 4.68. The zero-order valence-corrected chi connectivity index (χ0v) is 13.3. The number of benzene rings is 2. The van der Waals surface area contributed by atoms with E-state index >= 15 is 0 Å². The molecule has 2 unspecified atom stereocenters. The van der Waals surface area contributed by atoms with Gasteiger partial charge in [0.2, 0.25) is 0 Å². The van der Waals surface area contributed by atoms with Crippen molar-refractivity contribution < 1.29 is 5.11 Å². The molecule has 0 aliphatic carbocycles. The molecule has 98 valence electrons. The molecule has 1 aliphatic heterocycles. The van der Waals surface area contributed by atoms with Crippen LogP contribution in [0.15, 0.2) is 51.4 Å². The first kappa shape index (κ1) is 13.3. The number of hydrogen-bond donors (Lipinski definition) is 2. The Hall–Kier alpha value is -0.680. The lowest BCUT2D eigenvalue weighted by atomic mass is 9.96. The van der Waals surface area contributed by atoms with Crippen molar-refractivity contribution in [3.8, 4) is 0 Å². The van der Waals surface area contributed by atoms with Crippen LogP contribution in [-0.4, -0.2) is 5.11 Å². The number of halogens is 2. The van der Waals surface area contributed by atoms with Gasteiger partial charge in [-0.25, -0.2) is 0 Å². The van der Waals surface area contributed by atoms with Crippen LogP contribution in [0.25, 0.3) is 0 Å². The molecule has 0 fully saturated rings. The van der Waals surface area contributed by atoms with Gasteiger partial charge in [0.25, 0.3) is 0 Å². The van der Waals surface area contributed by atoms with Crippen molar-refractivity contribution in [3.63, 3.8) is 0 Å². The summed E-state index contributed by atoms with van der Waals surface area (Å²) in [5.74, 6) is 0.